The number of nitro groups is 1. The second-order valence-corrected chi connectivity index (χ2v) is 6.66. The summed E-state index contributed by atoms with van der Waals surface area (Å²) in [5, 5.41) is 23.1. The van der Waals surface area contributed by atoms with E-state index in [1.54, 1.807) is 13.2 Å². The molecule has 10 heteroatoms. The van der Waals surface area contributed by atoms with Crippen molar-refractivity contribution in [2.75, 3.05) is 12.4 Å². The summed E-state index contributed by atoms with van der Waals surface area (Å²) in [7, 11) is 1.60. The third-order valence-corrected chi connectivity index (χ3v) is 4.72. The zero-order valence-corrected chi connectivity index (χ0v) is 14.0. The molecular weight excluding hydrogens is 350 g/mol. The molecule has 122 valence electrons. The number of benzene rings is 1. The van der Waals surface area contributed by atoms with Gasteiger partial charge >= 0.3 is 0 Å². The van der Waals surface area contributed by atoms with Crippen LogP contribution in [0.15, 0.2) is 52.0 Å². The van der Waals surface area contributed by atoms with Crippen molar-refractivity contribution < 1.29 is 9.66 Å². The summed E-state index contributed by atoms with van der Waals surface area (Å²) in [4.78, 5) is 14.2. The standard InChI is InChI=1S/C14H11N5O3S2/c1-22-11-5-3-2-4-10(11)16-13-17-18-14(24-13)23-12-7-6-9(8-15-12)19(20)21/h2-8H,1H3,(H,16,17). The highest BCUT2D eigenvalue weighted by atomic mass is 32.2. The van der Waals surface area contributed by atoms with Crippen LogP contribution < -0.4 is 10.1 Å². The number of nitrogens with zero attached hydrogens (tertiary/aromatic N) is 4. The maximum Gasteiger partial charge on any atom is 0.287 e. The fraction of sp³-hybridized carbons (Fsp3) is 0.0714. The van der Waals surface area contributed by atoms with Gasteiger partial charge in [-0.25, -0.2) is 4.98 Å². The lowest BCUT2D eigenvalue weighted by Crippen LogP contribution is -1.93. The molecule has 0 spiro atoms. The van der Waals surface area contributed by atoms with E-state index in [2.05, 4.69) is 20.5 Å². The highest BCUT2D eigenvalue weighted by molar-refractivity contribution is 8.01. The lowest BCUT2D eigenvalue weighted by atomic mass is 10.3. The predicted molar refractivity (Wildman–Crippen MR) is 91.2 cm³/mol. The molecule has 24 heavy (non-hydrogen) atoms. The molecule has 8 nitrogen and oxygen atoms in total. The Hall–Kier alpha value is -2.72. The van der Waals surface area contributed by atoms with E-state index in [4.69, 9.17) is 4.74 Å². The molecule has 0 unspecified atom stereocenters. The van der Waals surface area contributed by atoms with Crippen LogP contribution in [0.1, 0.15) is 0 Å². The van der Waals surface area contributed by atoms with E-state index in [0.29, 0.717) is 20.2 Å². The second-order valence-electron chi connectivity index (χ2n) is 4.41. The van der Waals surface area contributed by atoms with E-state index in [-0.39, 0.29) is 5.69 Å². The van der Waals surface area contributed by atoms with E-state index in [1.165, 1.54) is 35.4 Å². The van der Waals surface area contributed by atoms with Crippen molar-refractivity contribution in [2.45, 2.75) is 9.37 Å². The number of hydrogen-bond acceptors (Lipinski definition) is 9. The first-order chi connectivity index (χ1) is 11.7. The van der Waals surface area contributed by atoms with E-state index >= 15 is 0 Å². The second kappa shape index (κ2) is 7.23. The summed E-state index contributed by atoms with van der Waals surface area (Å²) in [6.07, 6.45) is 1.22. The number of methoxy groups -OCH3 is 1. The fourth-order valence-corrected chi connectivity index (χ4v) is 3.45. The monoisotopic (exact) mass is 361 g/mol. The highest BCUT2D eigenvalue weighted by Crippen LogP contribution is 2.34. The first-order valence-corrected chi connectivity index (χ1v) is 8.31. The quantitative estimate of drug-likeness (QED) is 0.523. The molecular formula is C14H11N5O3S2. The maximum atomic E-state index is 10.6. The Balaban J connectivity index is 1.70. The van der Waals surface area contributed by atoms with Crippen molar-refractivity contribution in [3.8, 4) is 5.75 Å². The maximum absolute atomic E-state index is 10.6. The smallest absolute Gasteiger partial charge is 0.287 e. The van der Waals surface area contributed by atoms with Crippen LogP contribution >= 0.6 is 23.1 Å². The van der Waals surface area contributed by atoms with Crippen LogP contribution in [-0.2, 0) is 0 Å². The Kier molecular flexibility index (Phi) is 4.87. The van der Waals surface area contributed by atoms with Gasteiger partial charge < -0.3 is 10.1 Å². The number of ether oxygens (including phenoxy) is 1. The van der Waals surface area contributed by atoms with E-state index in [0.717, 1.165) is 5.69 Å². The number of para-hydroxylation sites is 2. The average Bonchev–Trinajstić information content (AvgIpc) is 3.03. The van der Waals surface area contributed by atoms with Crippen molar-refractivity contribution in [2.24, 2.45) is 0 Å². The molecule has 0 saturated carbocycles. The number of hydrogen-bond donors (Lipinski definition) is 1. The lowest BCUT2D eigenvalue weighted by Gasteiger charge is -2.07. The summed E-state index contributed by atoms with van der Waals surface area (Å²) < 4.78 is 5.95. The third-order valence-electron chi connectivity index (χ3n) is 2.88. The van der Waals surface area contributed by atoms with Crippen LogP contribution in [0.5, 0.6) is 5.75 Å². The molecule has 3 rings (SSSR count). The zero-order valence-electron chi connectivity index (χ0n) is 12.4. The molecule has 2 heterocycles. The summed E-state index contributed by atoms with van der Waals surface area (Å²) >= 11 is 2.64. The molecule has 0 atom stereocenters. The minimum atomic E-state index is -0.484. The third kappa shape index (κ3) is 3.78. The number of rotatable bonds is 6. The van der Waals surface area contributed by atoms with Gasteiger partial charge in [0, 0.05) is 6.07 Å². The van der Waals surface area contributed by atoms with E-state index < -0.39 is 4.92 Å². The minimum absolute atomic E-state index is 0.0462. The SMILES string of the molecule is COc1ccccc1Nc1nnc(Sc2ccc([N+](=O)[O-])cn2)s1. The Labute approximate surface area is 145 Å². The van der Waals surface area contributed by atoms with E-state index in [1.807, 2.05) is 24.3 Å². The van der Waals surface area contributed by atoms with Gasteiger partial charge in [-0.1, -0.05) is 23.5 Å². The van der Waals surface area contributed by atoms with Gasteiger partial charge in [-0.05, 0) is 30.0 Å². The molecule has 1 N–H and O–H groups in total. The molecule has 0 aliphatic heterocycles. The van der Waals surface area contributed by atoms with Gasteiger partial charge in [0.1, 0.15) is 17.0 Å². The molecule has 0 fully saturated rings. The van der Waals surface area contributed by atoms with Crippen LogP contribution in [0.25, 0.3) is 0 Å². The minimum Gasteiger partial charge on any atom is -0.495 e. The fourth-order valence-electron chi connectivity index (χ4n) is 1.79. The Bertz CT molecular complexity index is 854. The summed E-state index contributed by atoms with van der Waals surface area (Å²) in [6.45, 7) is 0. The molecule has 0 saturated heterocycles. The topological polar surface area (TPSA) is 103 Å². The van der Waals surface area contributed by atoms with Gasteiger partial charge in [-0.15, -0.1) is 10.2 Å². The number of anilines is 2. The Morgan fingerprint density at radius 2 is 2.08 bits per heavy atom. The average molecular weight is 361 g/mol. The molecule has 3 aromatic rings. The molecule has 0 aliphatic carbocycles. The number of nitrogens with one attached hydrogen (secondary N) is 1. The van der Waals surface area contributed by atoms with Gasteiger partial charge in [0.25, 0.3) is 5.69 Å². The van der Waals surface area contributed by atoms with Gasteiger partial charge in [-0.2, -0.15) is 0 Å². The van der Waals surface area contributed by atoms with Crippen LogP contribution in [0.2, 0.25) is 0 Å². The van der Waals surface area contributed by atoms with Crippen molar-refractivity contribution in [1.82, 2.24) is 15.2 Å². The molecule has 2 aromatic heterocycles. The van der Waals surface area contributed by atoms with Gasteiger partial charge in [-0.3, -0.25) is 10.1 Å². The normalized spacial score (nSPS) is 10.4. The van der Waals surface area contributed by atoms with Gasteiger partial charge in [0.05, 0.1) is 17.7 Å². The van der Waals surface area contributed by atoms with Crippen molar-refractivity contribution >= 4 is 39.6 Å². The number of aromatic nitrogens is 3. The lowest BCUT2D eigenvalue weighted by molar-refractivity contribution is -0.385. The summed E-state index contributed by atoms with van der Waals surface area (Å²) in [5.74, 6) is 0.707. The van der Waals surface area contributed by atoms with Crippen molar-refractivity contribution in [3.63, 3.8) is 0 Å². The van der Waals surface area contributed by atoms with Crippen molar-refractivity contribution in [1.29, 1.82) is 0 Å². The summed E-state index contributed by atoms with van der Waals surface area (Å²) in [6, 6.07) is 10.5. The molecule has 0 amide bonds. The van der Waals surface area contributed by atoms with Crippen molar-refractivity contribution in [3.05, 3.63) is 52.7 Å². The molecule has 0 radical (unpaired) electrons. The Morgan fingerprint density at radius 3 is 2.79 bits per heavy atom. The molecule has 0 bridgehead atoms. The van der Waals surface area contributed by atoms with E-state index in [9.17, 15) is 10.1 Å². The predicted octanol–water partition coefficient (Wildman–Crippen LogP) is 3.74. The Morgan fingerprint density at radius 1 is 1.25 bits per heavy atom. The van der Waals surface area contributed by atoms with Gasteiger partial charge in [0.15, 0.2) is 4.34 Å². The van der Waals surface area contributed by atoms with Crippen LogP contribution in [-0.4, -0.2) is 27.2 Å². The first-order valence-electron chi connectivity index (χ1n) is 6.67. The van der Waals surface area contributed by atoms with Crippen LogP contribution in [0.3, 0.4) is 0 Å². The van der Waals surface area contributed by atoms with Crippen LogP contribution in [0.4, 0.5) is 16.5 Å². The van der Waals surface area contributed by atoms with Crippen LogP contribution in [0, 0.1) is 10.1 Å². The largest absolute Gasteiger partial charge is 0.495 e. The van der Waals surface area contributed by atoms with Gasteiger partial charge in [0.2, 0.25) is 5.13 Å². The molecule has 0 aliphatic rings. The first kappa shape index (κ1) is 16.1. The zero-order chi connectivity index (χ0) is 16.9. The summed E-state index contributed by atoms with van der Waals surface area (Å²) in [5.41, 5.74) is 0.747. The highest BCUT2D eigenvalue weighted by Gasteiger charge is 2.11. The number of pyridine rings is 1. The molecule has 1 aromatic carbocycles.